The second-order valence-electron chi connectivity index (χ2n) is 5.90. The van der Waals surface area contributed by atoms with Crippen LogP contribution in [0.4, 0.5) is 0 Å². The molecule has 1 aromatic carbocycles. The van der Waals surface area contributed by atoms with Crippen molar-refractivity contribution >= 4 is 16.8 Å². The molecule has 116 valence electrons. The number of rotatable bonds is 2. The molecule has 2 aromatic rings. The number of nitrogens with one attached hydrogen (secondary N) is 1. The molecule has 0 bridgehead atoms. The highest BCUT2D eigenvalue weighted by Gasteiger charge is 2.21. The smallest absolute Gasteiger partial charge is 0.251 e. The van der Waals surface area contributed by atoms with Gasteiger partial charge in [-0.3, -0.25) is 9.59 Å². The lowest BCUT2D eigenvalue weighted by Crippen LogP contribution is -2.45. The number of hydrogen-bond acceptors (Lipinski definition) is 3. The van der Waals surface area contributed by atoms with E-state index in [0.29, 0.717) is 31.7 Å². The van der Waals surface area contributed by atoms with E-state index in [9.17, 15) is 9.59 Å². The van der Waals surface area contributed by atoms with Crippen LogP contribution in [-0.2, 0) is 16.0 Å². The maximum Gasteiger partial charge on any atom is 0.251 e. The number of aromatic amines is 1. The quantitative estimate of drug-likeness (QED) is 0.917. The van der Waals surface area contributed by atoms with E-state index in [-0.39, 0.29) is 17.6 Å². The fourth-order valence-corrected chi connectivity index (χ4v) is 2.81. The van der Waals surface area contributed by atoms with Gasteiger partial charge in [-0.25, -0.2) is 0 Å². The molecule has 0 spiro atoms. The van der Waals surface area contributed by atoms with Gasteiger partial charge in [0.2, 0.25) is 5.91 Å². The number of H-pyrrole nitrogens is 1. The van der Waals surface area contributed by atoms with E-state index in [0.717, 1.165) is 16.5 Å². The van der Waals surface area contributed by atoms with Crippen LogP contribution in [0.25, 0.3) is 10.9 Å². The fraction of sp³-hybridized carbons (Fsp3) is 0.412. The molecule has 1 fully saturated rings. The molecular formula is C17H20N2O3. The van der Waals surface area contributed by atoms with Crippen LogP contribution in [0.5, 0.6) is 0 Å². The minimum absolute atomic E-state index is 0.0707. The number of aryl methyl sites for hydroxylation is 1. The molecule has 1 aliphatic heterocycles. The summed E-state index contributed by atoms with van der Waals surface area (Å²) in [6.45, 7) is 5.67. The minimum atomic E-state index is -0.0707. The standard InChI is InChI=1S/C17H20N2O3/c1-11-7-14-8-13(3-4-15(14)18-17(11)21)9-16(20)19-5-6-22-12(2)10-19/h3-4,7-8,12H,5-6,9-10H2,1-2H3,(H,18,21). The van der Waals surface area contributed by atoms with Crippen LogP contribution in [0, 0.1) is 6.92 Å². The first kappa shape index (κ1) is 14.8. The van der Waals surface area contributed by atoms with Crippen LogP contribution in [0.15, 0.2) is 29.1 Å². The van der Waals surface area contributed by atoms with Crippen molar-refractivity contribution in [2.45, 2.75) is 26.4 Å². The highest BCUT2D eigenvalue weighted by Crippen LogP contribution is 2.15. The number of fused-ring (bicyclic) bond motifs is 1. The second-order valence-corrected chi connectivity index (χ2v) is 5.90. The Hall–Kier alpha value is -2.14. The van der Waals surface area contributed by atoms with Gasteiger partial charge in [-0.2, -0.15) is 0 Å². The number of ether oxygens (including phenoxy) is 1. The van der Waals surface area contributed by atoms with Crippen LogP contribution in [-0.4, -0.2) is 41.6 Å². The molecule has 1 unspecified atom stereocenters. The molecule has 0 saturated carbocycles. The van der Waals surface area contributed by atoms with Gasteiger partial charge < -0.3 is 14.6 Å². The molecule has 5 nitrogen and oxygen atoms in total. The zero-order valence-corrected chi connectivity index (χ0v) is 12.9. The SMILES string of the molecule is Cc1cc2cc(CC(=O)N3CCOC(C)C3)ccc2[nH]c1=O. The van der Waals surface area contributed by atoms with Crippen molar-refractivity contribution in [2.75, 3.05) is 19.7 Å². The number of morpholine rings is 1. The Labute approximate surface area is 128 Å². The molecular weight excluding hydrogens is 280 g/mol. The third kappa shape index (κ3) is 3.04. The van der Waals surface area contributed by atoms with Crippen molar-refractivity contribution in [2.24, 2.45) is 0 Å². The van der Waals surface area contributed by atoms with Crippen molar-refractivity contribution in [3.05, 3.63) is 45.7 Å². The summed E-state index contributed by atoms with van der Waals surface area (Å²) in [5.41, 5.74) is 2.37. The molecule has 2 heterocycles. The first-order valence-electron chi connectivity index (χ1n) is 7.55. The lowest BCUT2D eigenvalue weighted by molar-refractivity contribution is -0.137. The Kier molecular flexibility index (Phi) is 3.98. The predicted molar refractivity (Wildman–Crippen MR) is 85.0 cm³/mol. The average molecular weight is 300 g/mol. The topological polar surface area (TPSA) is 62.4 Å². The lowest BCUT2D eigenvalue weighted by Gasteiger charge is -2.31. The maximum atomic E-state index is 12.4. The van der Waals surface area contributed by atoms with Crippen molar-refractivity contribution in [3.8, 4) is 0 Å². The molecule has 0 aliphatic carbocycles. The number of carbonyl (C=O) groups excluding carboxylic acids is 1. The first-order valence-corrected chi connectivity index (χ1v) is 7.55. The molecule has 1 aliphatic rings. The summed E-state index contributed by atoms with van der Waals surface area (Å²) in [6.07, 6.45) is 0.475. The normalized spacial score (nSPS) is 18.6. The second kappa shape index (κ2) is 5.93. The van der Waals surface area contributed by atoms with Crippen LogP contribution in [0.2, 0.25) is 0 Å². The van der Waals surface area contributed by atoms with Gasteiger partial charge in [0, 0.05) is 24.2 Å². The van der Waals surface area contributed by atoms with Gasteiger partial charge in [0.25, 0.3) is 5.56 Å². The van der Waals surface area contributed by atoms with E-state index in [4.69, 9.17) is 4.74 Å². The van der Waals surface area contributed by atoms with Crippen LogP contribution in [0.1, 0.15) is 18.1 Å². The molecule has 3 rings (SSSR count). The first-order chi connectivity index (χ1) is 10.5. The van der Waals surface area contributed by atoms with Crippen LogP contribution < -0.4 is 5.56 Å². The summed E-state index contributed by atoms with van der Waals surface area (Å²) in [4.78, 5) is 28.7. The van der Waals surface area contributed by atoms with Crippen LogP contribution in [0.3, 0.4) is 0 Å². The number of aromatic nitrogens is 1. The molecule has 0 radical (unpaired) electrons. The number of carbonyl (C=O) groups is 1. The maximum absolute atomic E-state index is 12.4. The van der Waals surface area contributed by atoms with Gasteiger partial charge in [0.1, 0.15) is 0 Å². The monoisotopic (exact) mass is 300 g/mol. The zero-order chi connectivity index (χ0) is 15.7. The lowest BCUT2D eigenvalue weighted by atomic mass is 10.1. The molecule has 1 atom stereocenters. The summed E-state index contributed by atoms with van der Waals surface area (Å²) < 4.78 is 5.46. The summed E-state index contributed by atoms with van der Waals surface area (Å²) in [5.74, 6) is 0.121. The third-order valence-corrected chi connectivity index (χ3v) is 4.04. The Morgan fingerprint density at radius 1 is 1.41 bits per heavy atom. The predicted octanol–water partition coefficient (Wildman–Crippen LogP) is 1.63. The van der Waals surface area contributed by atoms with Crippen LogP contribution >= 0.6 is 0 Å². The number of hydrogen-bond donors (Lipinski definition) is 1. The molecule has 1 saturated heterocycles. The summed E-state index contributed by atoms with van der Waals surface area (Å²) in [7, 11) is 0. The van der Waals surface area contributed by atoms with Crippen molar-refractivity contribution in [1.29, 1.82) is 0 Å². The molecule has 1 N–H and O–H groups in total. The fourth-order valence-electron chi connectivity index (χ4n) is 2.81. The molecule has 1 aromatic heterocycles. The van der Waals surface area contributed by atoms with E-state index < -0.39 is 0 Å². The molecule has 5 heteroatoms. The third-order valence-electron chi connectivity index (χ3n) is 4.04. The van der Waals surface area contributed by atoms with E-state index in [2.05, 4.69) is 4.98 Å². The zero-order valence-electron chi connectivity index (χ0n) is 12.9. The number of amides is 1. The Morgan fingerprint density at radius 2 is 2.23 bits per heavy atom. The van der Waals surface area contributed by atoms with Gasteiger partial charge in [-0.1, -0.05) is 6.07 Å². The molecule has 22 heavy (non-hydrogen) atoms. The van der Waals surface area contributed by atoms with Gasteiger partial charge >= 0.3 is 0 Å². The van der Waals surface area contributed by atoms with Crippen molar-refractivity contribution in [1.82, 2.24) is 9.88 Å². The van der Waals surface area contributed by atoms with E-state index in [1.54, 1.807) is 6.92 Å². The summed E-state index contributed by atoms with van der Waals surface area (Å²) in [6, 6.07) is 7.59. The van der Waals surface area contributed by atoms with Gasteiger partial charge in [-0.15, -0.1) is 0 Å². The Balaban J connectivity index is 1.80. The number of benzene rings is 1. The van der Waals surface area contributed by atoms with E-state index in [1.807, 2.05) is 36.1 Å². The number of nitrogens with zero attached hydrogens (tertiary/aromatic N) is 1. The largest absolute Gasteiger partial charge is 0.375 e. The van der Waals surface area contributed by atoms with Gasteiger partial charge in [-0.05, 0) is 43.0 Å². The van der Waals surface area contributed by atoms with Gasteiger partial charge in [0.15, 0.2) is 0 Å². The van der Waals surface area contributed by atoms with Crippen molar-refractivity contribution in [3.63, 3.8) is 0 Å². The van der Waals surface area contributed by atoms with E-state index >= 15 is 0 Å². The van der Waals surface area contributed by atoms with Gasteiger partial charge in [0.05, 0.1) is 19.1 Å². The Bertz CT molecular complexity index is 766. The minimum Gasteiger partial charge on any atom is -0.375 e. The highest BCUT2D eigenvalue weighted by atomic mass is 16.5. The number of pyridine rings is 1. The Morgan fingerprint density at radius 3 is 3.00 bits per heavy atom. The van der Waals surface area contributed by atoms with Crippen molar-refractivity contribution < 1.29 is 9.53 Å². The average Bonchev–Trinajstić information content (AvgIpc) is 2.49. The van der Waals surface area contributed by atoms with E-state index in [1.165, 1.54) is 0 Å². The highest BCUT2D eigenvalue weighted by molar-refractivity contribution is 5.83. The summed E-state index contributed by atoms with van der Waals surface area (Å²) in [5, 5.41) is 0.956. The molecule has 1 amide bonds. The summed E-state index contributed by atoms with van der Waals surface area (Å²) >= 11 is 0.